The molecule has 0 rings (SSSR count). The molecule has 53 heavy (non-hydrogen) atoms. The quantitative estimate of drug-likeness (QED) is 0.0257. The van der Waals surface area contributed by atoms with Crippen molar-refractivity contribution in [1.82, 2.24) is 5.32 Å². The molecule has 0 aromatic rings. The van der Waals surface area contributed by atoms with Gasteiger partial charge >= 0.3 is 7.82 Å². The summed E-state index contributed by atoms with van der Waals surface area (Å²) in [6.45, 7) is 4.57. The number of nitrogens with one attached hydrogen (secondary N) is 1. The lowest BCUT2D eigenvalue weighted by molar-refractivity contribution is -0.870. The van der Waals surface area contributed by atoms with E-state index in [2.05, 4.69) is 79.9 Å². The Hall–Kier alpha value is -2.32. The third-order valence-electron chi connectivity index (χ3n) is 8.34. The first-order valence-electron chi connectivity index (χ1n) is 20.5. The number of quaternary nitrogens is 1. The molecular formula is C44H78N2O6P+. The highest BCUT2D eigenvalue weighted by Gasteiger charge is 2.27. The van der Waals surface area contributed by atoms with Gasteiger partial charge in [0.25, 0.3) is 0 Å². The molecule has 0 heterocycles. The lowest BCUT2D eigenvalue weighted by Gasteiger charge is -2.25. The fraction of sp³-hybridized carbons (Fsp3) is 0.659. The van der Waals surface area contributed by atoms with Crippen molar-refractivity contribution >= 4 is 13.7 Å². The van der Waals surface area contributed by atoms with Gasteiger partial charge in [-0.2, -0.15) is 0 Å². The summed E-state index contributed by atoms with van der Waals surface area (Å²) in [6.07, 6.45) is 48.2. The van der Waals surface area contributed by atoms with Crippen LogP contribution in [0.2, 0.25) is 0 Å². The first kappa shape index (κ1) is 50.7. The highest BCUT2D eigenvalue weighted by atomic mass is 31.2. The molecule has 0 spiro atoms. The molecule has 0 radical (unpaired) electrons. The number of hydrogen-bond donors (Lipinski definition) is 3. The van der Waals surface area contributed by atoms with Crippen LogP contribution in [0.5, 0.6) is 0 Å². The molecule has 304 valence electrons. The van der Waals surface area contributed by atoms with Gasteiger partial charge in [-0.25, -0.2) is 4.57 Å². The molecule has 3 unspecified atom stereocenters. The SMILES string of the molecule is CC/C=C\C/C=C\C/C=C\C/C=C\CCC(=O)NC(COP(=O)(O)OCC[N+](C)(C)C)C(O)/C=C/CC/C=C/CC/C=C/CCCCCCCCCC. The molecule has 0 fully saturated rings. The van der Waals surface area contributed by atoms with Crippen molar-refractivity contribution < 1.29 is 32.9 Å². The van der Waals surface area contributed by atoms with Gasteiger partial charge in [-0.05, 0) is 70.6 Å². The molecule has 3 N–H and O–H groups in total. The van der Waals surface area contributed by atoms with Crippen LogP contribution in [0.3, 0.4) is 0 Å². The van der Waals surface area contributed by atoms with Gasteiger partial charge in [-0.1, -0.05) is 144 Å². The van der Waals surface area contributed by atoms with Crippen LogP contribution in [0, 0.1) is 0 Å². The van der Waals surface area contributed by atoms with Gasteiger partial charge in [-0.15, -0.1) is 0 Å². The number of amides is 1. The number of phosphoric ester groups is 1. The summed E-state index contributed by atoms with van der Waals surface area (Å²) >= 11 is 0. The van der Waals surface area contributed by atoms with Crippen LogP contribution in [-0.4, -0.2) is 73.4 Å². The van der Waals surface area contributed by atoms with Gasteiger partial charge in [0.2, 0.25) is 5.91 Å². The average Bonchev–Trinajstić information content (AvgIpc) is 3.10. The van der Waals surface area contributed by atoms with E-state index < -0.39 is 20.0 Å². The van der Waals surface area contributed by atoms with Crippen LogP contribution in [0.1, 0.15) is 136 Å². The van der Waals surface area contributed by atoms with E-state index >= 15 is 0 Å². The van der Waals surface area contributed by atoms with E-state index in [1.165, 1.54) is 57.8 Å². The third-order valence-corrected chi connectivity index (χ3v) is 9.32. The summed E-state index contributed by atoms with van der Waals surface area (Å²) in [5, 5.41) is 13.7. The molecule has 1 amide bonds. The number of rotatable bonds is 35. The van der Waals surface area contributed by atoms with Crippen LogP contribution in [-0.2, 0) is 18.4 Å². The molecular weight excluding hydrogens is 683 g/mol. The van der Waals surface area contributed by atoms with Crippen molar-refractivity contribution in [3.63, 3.8) is 0 Å². The Labute approximate surface area is 325 Å². The predicted molar refractivity (Wildman–Crippen MR) is 226 cm³/mol. The van der Waals surface area contributed by atoms with Gasteiger partial charge in [-0.3, -0.25) is 13.8 Å². The number of carbonyl (C=O) groups excluding carboxylic acids is 1. The monoisotopic (exact) mass is 762 g/mol. The normalized spacial score (nSPS) is 15.4. The number of aliphatic hydroxyl groups is 1. The van der Waals surface area contributed by atoms with Gasteiger partial charge in [0.05, 0.1) is 39.9 Å². The molecule has 0 aromatic heterocycles. The van der Waals surface area contributed by atoms with Crippen molar-refractivity contribution in [3.05, 3.63) is 85.1 Å². The maximum absolute atomic E-state index is 12.8. The van der Waals surface area contributed by atoms with Crippen LogP contribution < -0.4 is 5.32 Å². The minimum atomic E-state index is -4.37. The zero-order valence-electron chi connectivity index (χ0n) is 34.2. The lowest BCUT2D eigenvalue weighted by Crippen LogP contribution is -2.45. The molecule has 9 heteroatoms. The van der Waals surface area contributed by atoms with Crippen molar-refractivity contribution in [2.45, 2.75) is 148 Å². The highest BCUT2D eigenvalue weighted by molar-refractivity contribution is 7.47. The van der Waals surface area contributed by atoms with E-state index in [-0.39, 0.29) is 25.5 Å². The maximum atomic E-state index is 12.8. The van der Waals surface area contributed by atoms with Crippen molar-refractivity contribution in [2.24, 2.45) is 0 Å². The number of carbonyl (C=O) groups is 1. The molecule has 0 aromatic carbocycles. The fourth-order valence-electron chi connectivity index (χ4n) is 5.08. The summed E-state index contributed by atoms with van der Waals surface area (Å²) in [6, 6.07) is -0.910. The topological polar surface area (TPSA) is 105 Å². The Bertz CT molecular complexity index is 1140. The van der Waals surface area contributed by atoms with Crippen LogP contribution in [0.4, 0.5) is 0 Å². The first-order chi connectivity index (χ1) is 25.5. The smallest absolute Gasteiger partial charge is 0.387 e. The Balaban J connectivity index is 4.69. The minimum absolute atomic E-state index is 0.0365. The molecule has 0 saturated carbocycles. The second-order valence-corrected chi connectivity index (χ2v) is 16.1. The summed E-state index contributed by atoms with van der Waals surface area (Å²) in [5.74, 6) is -0.276. The number of aliphatic hydroxyl groups excluding tert-OH is 1. The molecule has 0 aliphatic rings. The number of phosphoric acid groups is 1. The number of likely N-dealkylation sites (N-methyl/N-ethyl adjacent to an activating group) is 1. The lowest BCUT2D eigenvalue weighted by atomic mass is 10.1. The molecule has 0 aliphatic carbocycles. The van der Waals surface area contributed by atoms with Gasteiger partial charge in [0.1, 0.15) is 13.2 Å². The van der Waals surface area contributed by atoms with E-state index in [1.807, 2.05) is 39.4 Å². The Morgan fingerprint density at radius 1 is 0.660 bits per heavy atom. The van der Waals surface area contributed by atoms with Crippen LogP contribution in [0.25, 0.3) is 0 Å². The van der Waals surface area contributed by atoms with E-state index in [1.54, 1.807) is 6.08 Å². The zero-order chi connectivity index (χ0) is 39.3. The first-order valence-corrected chi connectivity index (χ1v) is 22.0. The number of hydrogen-bond acceptors (Lipinski definition) is 5. The Morgan fingerprint density at radius 3 is 1.72 bits per heavy atom. The number of unbranched alkanes of at least 4 members (excludes halogenated alkanes) is 10. The van der Waals surface area contributed by atoms with Gasteiger partial charge in [0, 0.05) is 6.42 Å². The summed E-state index contributed by atoms with van der Waals surface area (Å²) in [4.78, 5) is 23.0. The molecule has 3 atom stereocenters. The summed E-state index contributed by atoms with van der Waals surface area (Å²) in [5.41, 5.74) is 0. The molecule has 0 saturated heterocycles. The Kier molecular flexibility index (Phi) is 33.8. The van der Waals surface area contributed by atoms with Gasteiger partial charge in [0.15, 0.2) is 0 Å². The second kappa shape index (κ2) is 35.4. The minimum Gasteiger partial charge on any atom is -0.387 e. The van der Waals surface area contributed by atoms with E-state index in [4.69, 9.17) is 9.05 Å². The maximum Gasteiger partial charge on any atom is 0.472 e. The van der Waals surface area contributed by atoms with E-state index in [0.29, 0.717) is 17.4 Å². The average molecular weight is 762 g/mol. The van der Waals surface area contributed by atoms with Crippen LogP contribution in [0.15, 0.2) is 85.1 Å². The standard InChI is InChI=1S/C44H77N2O6P/c1-6-8-10-12-14-16-18-20-21-22-23-24-26-27-29-31-33-35-37-43(47)42(41-52-53(49,50)51-40-39-46(3,4)5)45-44(48)38-36-34-32-30-28-25-19-17-15-13-11-9-7-2/h9,11,15,17,22-23,25,27-29,32,34-35,37,42-43,47H,6-8,10,12-14,16,18-21,24,26,30-31,33,36,38-41H2,1-5H3,(H-,45,48,49,50)/p+1/b11-9-,17-15-,23-22+,28-25-,29-27+,34-32-,37-35+. The largest absolute Gasteiger partial charge is 0.472 e. The van der Waals surface area contributed by atoms with E-state index in [0.717, 1.165) is 51.4 Å². The number of allylic oxidation sites excluding steroid dienone is 13. The third kappa shape index (κ3) is 37.8. The molecule has 8 nitrogen and oxygen atoms in total. The molecule has 0 aliphatic heterocycles. The fourth-order valence-corrected chi connectivity index (χ4v) is 5.82. The summed E-state index contributed by atoms with van der Waals surface area (Å²) < 4.78 is 23.4. The van der Waals surface area contributed by atoms with Crippen LogP contribution >= 0.6 is 7.82 Å². The second-order valence-electron chi connectivity index (χ2n) is 14.6. The predicted octanol–water partition coefficient (Wildman–Crippen LogP) is 11.0. The Morgan fingerprint density at radius 2 is 1.15 bits per heavy atom. The number of nitrogens with zero attached hydrogens (tertiary/aromatic N) is 1. The highest BCUT2D eigenvalue weighted by Crippen LogP contribution is 2.43. The van der Waals surface area contributed by atoms with Crippen molar-refractivity contribution in [3.8, 4) is 0 Å². The van der Waals surface area contributed by atoms with E-state index in [9.17, 15) is 19.4 Å². The van der Waals surface area contributed by atoms with Gasteiger partial charge < -0.3 is 19.8 Å². The zero-order valence-corrected chi connectivity index (χ0v) is 35.1. The van der Waals surface area contributed by atoms with Crippen molar-refractivity contribution in [1.29, 1.82) is 0 Å². The summed E-state index contributed by atoms with van der Waals surface area (Å²) in [7, 11) is 1.49. The van der Waals surface area contributed by atoms with Crippen molar-refractivity contribution in [2.75, 3.05) is 40.9 Å². The molecule has 0 bridgehead atoms.